The molecule has 2 aromatic rings. The molecule has 124 valence electrons. The van der Waals surface area contributed by atoms with Crippen molar-refractivity contribution in [3.05, 3.63) is 61.5 Å². The standard InChI is InChI=1S/C10H13ClO.C7H7ClN2O/c1-3-4-8-7-9(11)5-6-10(8)12-2;1-4-2-6(8)10-7(11)5(4)3-9/h5-7H,3-4H2,1-2H3;2-3,9H,1H3,(H,10,11). The molecule has 1 aromatic carbocycles. The maximum atomic E-state index is 11.0. The third-order valence-electron chi connectivity index (χ3n) is 3.15. The minimum atomic E-state index is -0.315. The van der Waals surface area contributed by atoms with E-state index in [0.29, 0.717) is 16.3 Å². The van der Waals surface area contributed by atoms with E-state index in [-0.39, 0.29) is 5.56 Å². The van der Waals surface area contributed by atoms with Gasteiger partial charge in [0, 0.05) is 11.2 Å². The summed E-state index contributed by atoms with van der Waals surface area (Å²) in [4.78, 5) is 13.4. The summed E-state index contributed by atoms with van der Waals surface area (Å²) in [6, 6.07) is 7.33. The fourth-order valence-corrected chi connectivity index (χ4v) is 2.49. The van der Waals surface area contributed by atoms with Crippen LogP contribution in [0.1, 0.15) is 30.0 Å². The first-order chi connectivity index (χ1) is 10.9. The van der Waals surface area contributed by atoms with E-state index in [1.807, 2.05) is 18.2 Å². The first-order valence-electron chi connectivity index (χ1n) is 7.15. The molecule has 0 saturated heterocycles. The van der Waals surface area contributed by atoms with Crippen molar-refractivity contribution >= 4 is 29.4 Å². The summed E-state index contributed by atoms with van der Waals surface area (Å²) in [5.74, 6) is 0.932. The van der Waals surface area contributed by atoms with Crippen LogP contribution in [0.25, 0.3) is 0 Å². The van der Waals surface area contributed by atoms with Crippen LogP contribution in [-0.2, 0) is 6.42 Å². The molecule has 4 nitrogen and oxygen atoms in total. The molecule has 0 aliphatic rings. The molecule has 0 fully saturated rings. The number of H-pyrrole nitrogens is 1. The highest BCUT2D eigenvalue weighted by Gasteiger charge is 2.02. The van der Waals surface area contributed by atoms with E-state index >= 15 is 0 Å². The van der Waals surface area contributed by atoms with Crippen LogP contribution in [0.2, 0.25) is 10.2 Å². The number of hydrogen-bond donors (Lipinski definition) is 2. The quantitative estimate of drug-likeness (QED) is 0.620. The third kappa shape index (κ3) is 5.73. The molecular formula is C17H20Cl2N2O2. The Morgan fingerprint density at radius 3 is 2.52 bits per heavy atom. The number of nitrogens with one attached hydrogen (secondary N) is 2. The molecule has 0 aliphatic heterocycles. The average Bonchev–Trinajstić information content (AvgIpc) is 2.48. The molecule has 1 heterocycles. The summed E-state index contributed by atoms with van der Waals surface area (Å²) < 4.78 is 5.19. The van der Waals surface area contributed by atoms with Gasteiger partial charge in [0.15, 0.2) is 0 Å². The molecule has 0 saturated carbocycles. The van der Waals surface area contributed by atoms with Crippen molar-refractivity contribution in [3.63, 3.8) is 0 Å². The monoisotopic (exact) mass is 354 g/mol. The molecule has 0 radical (unpaired) electrons. The highest BCUT2D eigenvalue weighted by Crippen LogP contribution is 2.23. The molecule has 23 heavy (non-hydrogen) atoms. The van der Waals surface area contributed by atoms with Gasteiger partial charge in [-0.3, -0.25) is 4.79 Å². The first kappa shape index (κ1) is 19.3. The predicted octanol–water partition coefficient (Wildman–Crippen LogP) is 4.64. The van der Waals surface area contributed by atoms with E-state index in [1.165, 1.54) is 5.56 Å². The Balaban J connectivity index is 0.000000231. The summed E-state index contributed by atoms with van der Waals surface area (Å²) in [6.07, 6.45) is 3.14. The molecule has 0 spiro atoms. The Morgan fingerprint density at radius 2 is 2.00 bits per heavy atom. The Morgan fingerprint density at radius 1 is 1.30 bits per heavy atom. The van der Waals surface area contributed by atoms with E-state index in [0.717, 1.165) is 29.8 Å². The molecule has 0 atom stereocenters. The van der Waals surface area contributed by atoms with Crippen molar-refractivity contribution in [2.75, 3.05) is 7.11 Å². The number of pyridine rings is 1. The molecular weight excluding hydrogens is 335 g/mol. The van der Waals surface area contributed by atoms with E-state index in [9.17, 15) is 4.79 Å². The minimum absolute atomic E-state index is 0.304. The number of rotatable bonds is 4. The Labute approximate surface area is 145 Å². The van der Waals surface area contributed by atoms with Crippen molar-refractivity contribution in [2.24, 2.45) is 0 Å². The van der Waals surface area contributed by atoms with E-state index in [1.54, 1.807) is 20.1 Å². The third-order valence-corrected chi connectivity index (χ3v) is 3.59. The van der Waals surface area contributed by atoms with Crippen LogP contribution in [-0.4, -0.2) is 18.3 Å². The molecule has 6 heteroatoms. The van der Waals surface area contributed by atoms with Gasteiger partial charge in [0.05, 0.1) is 12.7 Å². The normalized spacial score (nSPS) is 9.78. The molecule has 2 N–H and O–H groups in total. The number of ether oxygens (including phenoxy) is 1. The molecule has 0 aliphatic carbocycles. The molecule has 0 amide bonds. The van der Waals surface area contributed by atoms with Crippen LogP contribution in [0.4, 0.5) is 0 Å². The Hall–Kier alpha value is -1.78. The Kier molecular flexibility index (Phi) is 7.86. The van der Waals surface area contributed by atoms with Gasteiger partial charge in [-0.05, 0) is 48.7 Å². The lowest BCUT2D eigenvalue weighted by molar-refractivity contribution is 0.409. The smallest absolute Gasteiger partial charge is 0.258 e. The zero-order valence-corrected chi connectivity index (χ0v) is 14.9. The van der Waals surface area contributed by atoms with Crippen molar-refractivity contribution < 1.29 is 4.74 Å². The molecule has 1 aromatic heterocycles. The number of halogens is 2. The van der Waals surface area contributed by atoms with Crippen molar-refractivity contribution in [2.45, 2.75) is 26.7 Å². The minimum Gasteiger partial charge on any atom is -0.496 e. The van der Waals surface area contributed by atoms with E-state index in [4.69, 9.17) is 33.3 Å². The summed E-state index contributed by atoms with van der Waals surface area (Å²) in [6.45, 7) is 3.88. The summed E-state index contributed by atoms with van der Waals surface area (Å²) >= 11 is 11.4. The summed E-state index contributed by atoms with van der Waals surface area (Å²) in [5.41, 5.74) is 1.95. The lowest BCUT2D eigenvalue weighted by atomic mass is 10.1. The zero-order valence-electron chi connectivity index (χ0n) is 13.4. The van der Waals surface area contributed by atoms with Crippen LogP contribution in [0, 0.1) is 12.3 Å². The molecule has 2 rings (SSSR count). The average molecular weight is 355 g/mol. The fraction of sp³-hybridized carbons (Fsp3) is 0.294. The lowest BCUT2D eigenvalue weighted by Crippen LogP contribution is -2.13. The first-order valence-corrected chi connectivity index (χ1v) is 7.90. The zero-order chi connectivity index (χ0) is 17.4. The van der Waals surface area contributed by atoms with Crippen LogP contribution in [0.5, 0.6) is 5.75 Å². The van der Waals surface area contributed by atoms with Gasteiger partial charge in [-0.2, -0.15) is 0 Å². The number of aromatic nitrogens is 1. The van der Waals surface area contributed by atoms with E-state index < -0.39 is 0 Å². The van der Waals surface area contributed by atoms with Gasteiger partial charge in [0.1, 0.15) is 10.9 Å². The van der Waals surface area contributed by atoms with Crippen molar-refractivity contribution in [3.8, 4) is 5.75 Å². The van der Waals surface area contributed by atoms with Gasteiger partial charge >= 0.3 is 0 Å². The van der Waals surface area contributed by atoms with Gasteiger partial charge in [-0.1, -0.05) is 36.5 Å². The second-order valence-electron chi connectivity index (χ2n) is 4.89. The highest BCUT2D eigenvalue weighted by molar-refractivity contribution is 6.30. The topological polar surface area (TPSA) is 65.9 Å². The van der Waals surface area contributed by atoms with Gasteiger partial charge in [-0.25, -0.2) is 0 Å². The van der Waals surface area contributed by atoms with Crippen LogP contribution in [0.3, 0.4) is 0 Å². The SMILES string of the molecule is CCCc1cc(Cl)ccc1OC.Cc1cc(Cl)[nH]c(=O)c1C=N. The maximum Gasteiger partial charge on any atom is 0.258 e. The number of hydrogen-bond acceptors (Lipinski definition) is 3. The number of aromatic amines is 1. The maximum absolute atomic E-state index is 11.0. The van der Waals surface area contributed by atoms with Crippen LogP contribution < -0.4 is 10.3 Å². The van der Waals surface area contributed by atoms with Crippen LogP contribution >= 0.6 is 23.2 Å². The fourth-order valence-electron chi connectivity index (χ4n) is 2.05. The number of methoxy groups -OCH3 is 1. The largest absolute Gasteiger partial charge is 0.496 e. The number of aryl methyl sites for hydroxylation is 2. The van der Waals surface area contributed by atoms with Gasteiger partial charge in [0.25, 0.3) is 5.56 Å². The van der Waals surface area contributed by atoms with E-state index in [2.05, 4.69) is 11.9 Å². The second kappa shape index (κ2) is 9.38. The van der Waals surface area contributed by atoms with Gasteiger partial charge in [0.2, 0.25) is 0 Å². The summed E-state index contributed by atoms with van der Waals surface area (Å²) in [5, 5.41) is 7.99. The lowest BCUT2D eigenvalue weighted by Gasteiger charge is -2.06. The summed E-state index contributed by atoms with van der Waals surface area (Å²) in [7, 11) is 1.68. The van der Waals surface area contributed by atoms with Gasteiger partial charge < -0.3 is 15.1 Å². The van der Waals surface area contributed by atoms with Gasteiger partial charge in [-0.15, -0.1) is 0 Å². The number of benzene rings is 1. The Bertz CT molecular complexity index is 727. The van der Waals surface area contributed by atoms with Crippen molar-refractivity contribution in [1.29, 1.82) is 5.41 Å². The second-order valence-corrected chi connectivity index (χ2v) is 5.74. The van der Waals surface area contributed by atoms with Crippen molar-refractivity contribution in [1.82, 2.24) is 4.98 Å². The molecule has 0 unspecified atom stereocenters. The van der Waals surface area contributed by atoms with Crippen LogP contribution in [0.15, 0.2) is 29.1 Å². The molecule has 0 bridgehead atoms. The predicted molar refractivity (Wildman–Crippen MR) is 96.7 cm³/mol. The highest BCUT2D eigenvalue weighted by atomic mass is 35.5.